The summed E-state index contributed by atoms with van der Waals surface area (Å²) in [4.78, 5) is 25.0. The van der Waals surface area contributed by atoms with Crippen LogP contribution in [0.25, 0.3) is 6.08 Å². The van der Waals surface area contributed by atoms with Crippen LogP contribution in [0.5, 0.6) is 0 Å². The zero-order valence-electron chi connectivity index (χ0n) is 18.8. The summed E-state index contributed by atoms with van der Waals surface area (Å²) in [6.07, 6.45) is 13.9. The Morgan fingerprint density at radius 1 is 1.03 bits per heavy atom. The lowest BCUT2D eigenvalue weighted by Crippen LogP contribution is -2.50. The molecule has 3 fully saturated rings. The smallest absolute Gasteiger partial charge is 0.331 e. The van der Waals surface area contributed by atoms with E-state index in [1.54, 1.807) is 6.08 Å². The van der Waals surface area contributed by atoms with E-state index in [1.165, 1.54) is 12.0 Å². The van der Waals surface area contributed by atoms with Crippen LogP contribution in [-0.2, 0) is 14.3 Å². The van der Waals surface area contributed by atoms with E-state index in [9.17, 15) is 9.59 Å². The number of esters is 1. The average Bonchev–Trinajstić information content (AvgIpc) is 3.08. The number of benzene rings is 1. The van der Waals surface area contributed by atoms with Gasteiger partial charge in [-0.15, -0.1) is 0 Å². The third-order valence-corrected chi connectivity index (χ3v) is 9.26. The fraction of sp³-hybridized carbons (Fsp3) is 0.571. The first-order valence-corrected chi connectivity index (χ1v) is 12.1. The Hall–Kier alpha value is -2.16. The quantitative estimate of drug-likeness (QED) is 0.336. The Labute approximate surface area is 185 Å². The van der Waals surface area contributed by atoms with Gasteiger partial charge in [0, 0.05) is 24.3 Å². The minimum atomic E-state index is -0.246. The zero-order valence-corrected chi connectivity index (χ0v) is 18.8. The van der Waals surface area contributed by atoms with Crippen molar-refractivity contribution in [1.82, 2.24) is 0 Å². The first-order chi connectivity index (χ1) is 14.9. The van der Waals surface area contributed by atoms with Crippen LogP contribution in [0.1, 0.15) is 70.8 Å². The van der Waals surface area contributed by atoms with E-state index in [0.29, 0.717) is 23.5 Å². The van der Waals surface area contributed by atoms with Gasteiger partial charge in [0.05, 0.1) is 0 Å². The van der Waals surface area contributed by atoms with Gasteiger partial charge in [0.25, 0.3) is 0 Å². The number of carbonyl (C=O) groups is 2. The van der Waals surface area contributed by atoms with Gasteiger partial charge >= 0.3 is 5.97 Å². The molecule has 3 nitrogen and oxygen atoms in total. The summed E-state index contributed by atoms with van der Waals surface area (Å²) in [7, 11) is 0. The van der Waals surface area contributed by atoms with Crippen molar-refractivity contribution in [2.75, 3.05) is 0 Å². The van der Waals surface area contributed by atoms with Crippen LogP contribution in [0.3, 0.4) is 0 Å². The van der Waals surface area contributed by atoms with Crippen molar-refractivity contribution in [2.24, 2.45) is 28.6 Å². The Kier molecular flexibility index (Phi) is 5.19. The Bertz CT molecular complexity index is 929. The lowest BCUT2D eigenvalue weighted by Gasteiger charge is -2.56. The highest BCUT2D eigenvalue weighted by Crippen LogP contribution is 2.64. The van der Waals surface area contributed by atoms with Gasteiger partial charge < -0.3 is 4.74 Å². The molecule has 164 valence electrons. The van der Waals surface area contributed by atoms with Gasteiger partial charge in [-0.3, -0.25) is 4.79 Å². The molecule has 0 amide bonds. The summed E-state index contributed by atoms with van der Waals surface area (Å²) >= 11 is 0. The molecule has 0 unspecified atom stereocenters. The largest absolute Gasteiger partial charge is 0.459 e. The number of allylic oxidation sites excluding steroid dienone is 1. The molecule has 0 heterocycles. The van der Waals surface area contributed by atoms with E-state index < -0.39 is 0 Å². The molecule has 0 aliphatic heterocycles. The lowest BCUT2D eigenvalue weighted by molar-refractivity contribution is -0.145. The van der Waals surface area contributed by atoms with E-state index in [1.807, 2.05) is 36.4 Å². The molecule has 1 aromatic rings. The van der Waals surface area contributed by atoms with Gasteiger partial charge in [0.1, 0.15) is 11.9 Å². The van der Waals surface area contributed by atoms with E-state index >= 15 is 0 Å². The molecule has 3 saturated carbocycles. The number of rotatable bonds is 3. The Balaban J connectivity index is 1.26. The van der Waals surface area contributed by atoms with Crippen LogP contribution in [0, 0.1) is 28.6 Å². The topological polar surface area (TPSA) is 43.4 Å². The number of hydrogen-bond acceptors (Lipinski definition) is 3. The monoisotopic (exact) mass is 418 g/mol. The molecule has 5 rings (SSSR count). The molecule has 0 saturated heterocycles. The van der Waals surface area contributed by atoms with Crippen molar-refractivity contribution in [3.05, 3.63) is 53.6 Å². The van der Waals surface area contributed by atoms with E-state index in [0.717, 1.165) is 50.5 Å². The number of hydrogen-bond donors (Lipinski definition) is 0. The molecule has 6 atom stereocenters. The van der Waals surface area contributed by atoms with Crippen molar-refractivity contribution >= 4 is 17.8 Å². The number of Topliss-reactive ketones (excluding diaryl/α,β-unsaturated/α-hetero) is 1. The third-order valence-electron chi connectivity index (χ3n) is 9.26. The van der Waals surface area contributed by atoms with Crippen molar-refractivity contribution in [1.29, 1.82) is 0 Å². The van der Waals surface area contributed by atoms with Crippen molar-refractivity contribution in [3.8, 4) is 0 Å². The fourth-order valence-corrected chi connectivity index (χ4v) is 7.43. The third kappa shape index (κ3) is 3.50. The summed E-state index contributed by atoms with van der Waals surface area (Å²) in [6, 6.07) is 9.85. The highest BCUT2D eigenvalue weighted by atomic mass is 16.5. The maximum atomic E-state index is 12.6. The molecule has 0 N–H and O–H groups in total. The predicted octanol–water partition coefficient (Wildman–Crippen LogP) is 6.14. The summed E-state index contributed by atoms with van der Waals surface area (Å²) in [5.74, 6) is 2.14. The van der Waals surface area contributed by atoms with E-state index in [-0.39, 0.29) is 22.9 Å². The second-order valence-corrected chi connectivity index (χ2v) is 10.7. The van der Waals surface area contributed by atoms with Gasteiger partial charge in [0.2, 0.25) is 0 Å². The minimum absolute atomic E-state index is 0.0225. The summed E-state index contributed by atoms with van der Waals surface area (Å²) in [5, 5.41) is 0. The fourth-order valence-electron chi connectivity index (χ4n) is 7.43. The first kappa shape index (κ1) is 20.7. The number of ether oxygens (including phenoxy) is 1. The van der Waals surface area contributed by atoms with Crippen LogP contribution in [0.4, 0.5) is 0 Å². The van der Waals surface area contributed by atoms with Gasteiger partial charge in [-0.25, -0.2) is 4.79 Å². The van der Waals surface area contributed by atoms with E-state index in [4.69, 9.17) is 4.74 Å². The first-order valence-electron chi connectivity index (χ1n) is 12.1. The van der Waals surface area contributed by atoms with Gasteiger partial charge in [-0.05, 0) is 73.3 Å². The molecule has 0 spiro atoms. The van der Waals surface area contributed by atoms with Crippen LogP contribution < -0.4 is 0 Å². The molecule has 0 aromatic heterocycles. The zero-order chi connectivity index (χ0) is 21.6. The predicted molar refractivity (Wildman–Crippen MR) is 122 cm³/mol. The number of ketones is 1. The summed E-state index contributed by atoms with van der Waals surface area (Å²) in [6.45, 7) is 4.69. The van der Waals surface area contributed by atoms with Crippen molar-refractivity contribution in [3.63, 3.8) is 0 Å². The Morgan fingerprint density at radius 3 is 2.58 bits per heavy atom. The molecular weight excluding hydrogens is 384 g/mol. The average molecular weight is 419 g/mol. The molecule has 4 aliphatic rings. The van der Waals surface area contributed by atoms with Gasteiger partial charge in [-0.1, -0.05) is 55.8 Å². The summed E-state index contributed by atoms with van der Waals surface area (Å²) in [5.41, 5.74) is 2.64. The molecule has 3 heteroatoms. The molecule has 4 aliphatic carbocycles. The molecule has 1 aromatic carbocycles. The number of carbonyl (C=O) groups excluding carboxylic acids is 2. The minimum Gasteiger partial charge on any atom is -0.459 e. The van der Waals surface area contributed by atoms with Gasteiger partial charge in [-0.2, -0.15) is 0 Å². The standard InChI is InChI=1S/C28H34O3/c1-27-16-14-21(31-26(30)13-8-19-6-4-3-5-7-19)18-20(27)9-10-22-23-11-12-25(29)28(23,2)17-15-24(22)27/h3-9,13,21-24H,10-12,14-18H2,1-2H3/b13-8-/t21-,22+,23-,24+,27-,28-/m0/s1. The van der Waals surface area contributed by atoms with E-state index in [2.05, 4.69) is 19.9 Å². The maximum absolute atomic E-state index is 12.6. The SMILES string of the molecule is C[C@]12CC[C@H](OC(=O)/C=C\c3ccccc3)CC1=CC[C@H]1[C@H]2CC[C@]2(C)C(=O)CC[C@@H]12. The van der Waals surface area contributed by atoms with Crippen LogP contribution in [0.15, 0.2) is 48.1 Å². The molecule has 0 radical (unpaired) electrons. The highest BCUT2D eigenvalue weighted by molar-refractivity contribution is 5.87. The van der Waals surface area contributed by atoms with Gasteiger partial charge in [0.15, 0.2) is 0 Å². The van der Waals surface area contributed by atoms with Crippen LogP contribution in [-0.4, -0.2) is 17.9 Å². The molecular formula is C28H34O3. The highest BCUT2D eigenvalue weighted by Gasteiger charge is 2.58. The second-order valence-electron chi connectivity index (χ2n) is 10.7. The van der Waals surface area contributed by atoms with Crippen molar-refractivity contribution in [2.45, 2.75) is 71.3 Å². The number of fused-ring (bicyclic) bond motifs is 5. The Morgan fingerprint density at radius 2 is 1.77 bits per heavy atom. The second kappa shape index (κ2) is 7.76. The molecule has 31 heavy (non-hydrogen) atoms. The molecule has 0 bridgehead atoms. The normalized spacial score (nSPS) is 39.4. The van der Waals surface area contributed by atoms with Crippen LogP contribution >= 0.6 is 0 Å². The summed E-state index contributed by atoms with van der Waals surface area (Å²) < 4.78 is 5.83. The lowest BCUT2D eigenvalue weighted by atomic mass is 9.48. The van der Waals surface area contributed by atoms with Crippen molar-refractivity contribution < 1.29 is 14.3 Å². The van der Waals surface area contributed by atoms with Crippen LogP contribution in [0.2, 0.25) is 0 Å². The maximum Gasteiger partial charge on any atom is 0.331 e.